The average molecular weight is 189 g/mol. The lowest BCUT2D eigenvalue weighted by Gasteiger charge is -2.32. The Morgan fingerprint density at radius 2 is 1.71 bits per heavy atom. The largest absolute Gasteiger partial charge is 0.0619 e. The molecule has 0 atom stereocenters. The predicted octanol–water partition coefficient (Wildman–Crippen LogP) is 4.20. The summed E-state index contributed by atoms with van der Waals surface area (Å²) < 4.78 is 0. The second kappa shape index (κ2) is 3.76. The minimum absolute atomic E-state index is 0.222. The van der Waals surface area contributed by atoms with Crippen LogP contribution in [0.5, 0.6) is 0 Å². The van der Waals surface area contributed by atoms with Crippen molar-refractivity contribution in [2.45, 2.75) is 46.5 Å². The Kier molecular flexibility index (Phi) is 3.04. The van der Waals surface area contributed by atoms with E-state index in [-0.39, 0.29) is 5.41 Å². The van der Waals surface area contributed by atoms with E-state index in [1.54, 1.807) is 0 Å². The lowest BCUT2D eigenvalue weighted by Crippen LogP contribution is -2.24. The Bertz CT molecular complexity index is 275. The van der Waals surface area contributed by atoms with Gasteiger partial charge >= 0.3 is 0 Å². The van der Waals surface area contributed by atoms with Gasteiger partial charge in [-0.05, 0) is 28.9 Å². The van der Waals surface area contributed by atoms with Crippen molar-refractivity contribution in [3.8, 4) is 0 Å². The van der Waals surface area contributed by atoms with Crippen molar-refractivity contribution < 1.29 is 0 Å². The standard InChI is InChI=1S/C14H21/c1-13(2,3)11-14(4,5)12-9-7-6-8-10-12/h6-9H,11H2,1-5H3. The van der Waals surface area contributed by atoms with E-state index in [0.717, 1.165) is 0 Å². The van der Waals surface area contributed by atoms with Gasteiger partial charge < -0.3 is 0 Å². The molecule has 1 aromatic rings. The molecule has 0 saturated heterocycles. The van der Waals surface area contributed by atoms with E-state index >= 15 is 0 Å². The highest BCUT2D eigenvalue weighted by Crippen LogP contribution is 2.35. The van der Waals surface area contributed by atoms with Gasteiger partial charge in [0.05, 0.1) is 0 Å². The van der Waals surface area contributed by atoms with Gasteiger partial charge in [-0.1, -0.05) is 58.9 Å². The van der Waals surface area contributed by atoms with E-state index < -0.39 is 0 Å². The Morgan fingerprint density at radius 1 is 1.07 bits per heavy atom. The molecule has 0 bridgehead atoms. The maximum atomic E-state index is 3.33. The van der Waals surface area contributed by atoms with Crippen molar-refractivity contribution >= 4 is 0 Å². The van der Waals surface area contributed by atoms with Gasteiger partial charge in [0.25, 0.3) is 0 Å². The molecule has 14 heavy (non-hydrogen) atoms. The molecule has 1 rings (SSSR count). The molecule has 0 heteroatoms. The summed E-state index contributed by atoms with van der Waals surface area (Å²) in [4.78, 5) is 0. The van der Waals surface area contributed by atoms with Crippen molar-refractivity contribution in [2.24, 2.45) is 5.41 Å². The Balaban J connectivity index is 2.86. The van der Waals surface area contributed by atoms with Crippen LogP contribution in [0.2, 0.25) is 0 Å². The number of benzene rings is 1. The average Bonchev–Trinajstić information content (AvgIpc) is 2.01. The monoisotopic (exact) mass is 189 g/mol. The quantitative estimate of drug-likeness (QED) is 0.654. The molecule has 0 saturated carbocycles. The van der Waals surface area contributed by atoms with Gasteiger partial charge in [-0.2, -0.15) is 0 Å². The number of rotatable bonds is 2. The van der Waals surface area contributed by atoms with Crippen LogP contribution >= 0.6 is 0 Å². The van der Waals surface area contributed by atoms with Crippen molar-refractivity contribution in [1.29, 1.82) is 0 Å². The Labute approximate surface area is 88.4 Å². The molecule has 0 aliphatic heterocycles. The molecule has 0 aromatic heterocycles. The summed E-state index contributed by atoms with van der Waals surface area (Å²) in [5.74, 6) is 0. The highest BCUT2D eigenvalue weighted by atomic mass is 14.3. The zero-order valence-electron chi connectivity index (χ0n) is 10.0. The van der Waals surface area contributed by atoms with Crippen LogP contribution in [-0.4, -0.2) is 0 Å². The molecule has 1 aromatic carbocycles. The zero-order valence-corrected chi connectivity index (χ0v) is 10.0. The van der Waals surface area contributed by atoms with Crippen molar-refractivity contribution in [1.82, 2.24) is 0 Å². The minimum Gasteiger partial charge on any atom is -0.0619 e. The number of hydrogen-bond acceptors (Lipinski definition) is 0. The lowest BCUT2D eigenvalue weighted by molar-refractivity contribution is 0.284. The van der Waals surface area contributed by atoms with Crippen molar-refractivity contribution in [3.05, 3.63) is 35.9 Å². The molecule has 1 radical (unpaired) electrons. The van der Waals surface area contributed by atoms with E-state index in [1.807, 2.05) is 12.1 Å². The summed E-state index contributed by atoms with van der Waals surface area (Å²) in [7, 11) is 0. The van der Waals surface area contributed by atoms with Crippen LogP contribution < -0.4 is 0 Å². The topological polar surface area (TPSA) is 0 Å². The second-order valence-electron chi connectivity index (χ2n) is 5.90. The van der Waals surface area contributed by atoms with Gasteiger partial charge in [0.15, 0.2) is 0 Å². The maximum absolute atomic E-state index is 3.33. The van der Waals surface area contributed by atoms with E-state index in [1.165, 1.54) is 12.0 Å². The summed E-state index contributed by atoms with van der Waals surface area (Å²) in [5, 5.41) is 0. The highest BCUT2D eigenvalue weighted by Gasteiger charge is 2.26. The highest BCUT2D eigenvalue weighted by molar-refractivity contribution is 5.22. The first-order valence-electron chi connectivity index (χ1n) is 5.28. The van der Waals surface area contributed by atoms with Gasteiger partial charge in [-0.15, -0.1) is 0 Å². The third kappa shape index (κ3) is 3.17. The third-order valence-corrected chi connectivity index (χ3v) is 2.41. The second-order valence-corrected chi connectivity index (χ2v) is 5.90. The van der Waals surface area contributed by atoms with Crippen LogP contribution in [-0.2, 0) is 5.41 Å². The van der Waals surface area contributed by atoms with Crippen LogP contribution in [0.4, 0.5) is 0 Å². The lowest BCUT2D eigenvalue weighted by atomic mass is 9.72. The van der Waals surface area contributed by atoms with E-state index in [4.69, 9.17) is 0 Å². The number of hydrogen-bond donors (Lipinski definition) is 0. The molecular formula is C14H21. The Hall–Kier alpha value is -0.780. The molecule has 0 nitrogen and oxygen atoms in total. The predicted molar refractivity (Wildman–Crippen MR) is 62.4 cm³/mol. The molecule has 0 unspecified atom stereocenters. The molecule has 0 aliphatic carbocycles. The van der Waals surface area contributed by atoms with Crippen LogP contribution in [0.25, 0.3) is 0 Å². The fourth-order valence-electron chi connectivity index (χ4n) is 2.24. The summed E-state index contributed by atoms with van der Waals surface area (Å²) in [5.41, 5.74) is 1.90. The molecule has 0 aliphatic rings. The maximum Gasteiger partial charge on any atom is -0.00924 e. The van der Waals surface area contributed by atoms with Crippen LogP contribution in [0, 0.1) is 11.5 Å². The first-order valence-corrected chi connectivity index (χ1v) is 5.28. The van der Waals surface area contributed by atoms with Crippen LogP contribution in [0.3, 0.4) is 0 Å². The van der Waals surface area contributed by atoms with E-state index in [9.17, 15) is 0 Å². The summed E-state index contributed by atoms with van der Waals surface area (Å²) in [6, 6.07) is 11.6. The summed E-state index contributed by atoms with van der Waals surface area (Å²) >= 11 is 0. The SMILES string of the molecule is CC(C)(C)CC(C)(C)c1[c]cccc1. The minimum atomic E-state index is 0.222. The first kappa shape index (κ1) is 11.3. The smallest absolute Gasteiger partial charge is 0.00924 e. The fraction of sp³-hybridized carbons (Fsp3) is 0.571. The molecule has 0 N–H and O–H groups in total. The van der Waals surface area contributed by atoms with Crippen molar-refractivity contribution in [2.75, 3.05) is 0 Å². The van der Waals surface area contributed by atoms with E-state index in [2.05, 4.69) is 52.8 Å². The van der Waals surface area contributed by atoms with Gasteiger partial charge in [0.1, 0.15) is 0 Å². The molecule has 0 fully saturated rings. The summed E-state index contributed by atoms with van der Waals surface area (Å²) in [6.45, 7) is 11.5. The van der Waals surface area contributed by atoms with Gasteiger partial charge in [-0.25, -0.2) is 0 Å². The molecule has 77 valence electrons. The third-order valence-electron chi connectivity index (χ3n) is 2.41. The first-order chi connectivity index (χ1) is 6.31. The normalized spacial score (nSPS) is 12.9. The molecule has 0 spiro atoms. The van der Waals surface area contributed by atoms with Gasteiger partial charge in [0, 0.05) is 0 Å². The zero-order chi connectivity index (χ0) is 10.8. The van der Waals surface area contributed by atoms with Gasteiger partial charge in [-0.3, -0.25) is 0 Å². The molecular weight excluding hydrogens is 168 g/mol. The van der Waals surface area contributed by atoms with E-state index in [0.29, 0.717) is 5.41 Å². The Morgan fingerprint density at radius 3 is 2.14 bits per heavy atom. The summed E-state index contributed by atoms with van der Waals surface area (Å²) in [6.07, 6.45) is 1.18. The van der Waals surface area contributed by atoms with Crippen LogP contribution in [0.15, 0.2) is 24.3 Å². The van der Waals surface area contributed by atoms with Gasteiger partial charge in [0.2, 0.25) is 0 Å². The fourth-order valence-corrected chi connectivity index (χ4v) is 2.24. The molecule has 0 amide bonds. The molecule has 0 heterocycles. The van der Waals surface area contributed by atoms with Crippen molar-refractivity contribution in [3.63, 3.8) is 0 Å². The van der Waals surface area contributed by atoms with Crippen LogP contribution in [0.1, 0.15) is 46.6 Å².